The number of aromatic nitrogens is 4. The number of aryl methyl sites for hydroxylation is 1. The monoisotopic (exact) mass is 433 g/mol. The lowest BCUT2D eigenvalue weighted by Gasteiger charge is -2.21. The minimum absolute atomic E-state index is 0.320. The van der Waals surface area contributed by atoms with Crippen LogP contribution in [0, 0.1) is 6.92 Å². The molecule has 1 N–H and O–H groups in total. The predicted octanol–water partition coefficient (Wildman–Crippen LogP) is 4.50. The third-order valence-electron chi connectivity index (χ3n) is 6.16. The van der Waals surface area contributed by atoms with Crippen LogP contribution in [0.15, 0.2) is 42.7 Å². The minimum Gasteiger partial charge on any atom is -0.324 e. The van der Waals surface area contributed by atoms with Crippen molar-refractivity contribution in [3.8, 4) is 11.4 Å². The minimum atomic E-state index is 0.320. The summed E-state index contributed by atoms with van der Waals surface area (Å²) >= 11 is 0. The maximum atomic E-state index is 4.74. The van der Waals surface area contributed by atoms with Crippen LogP contribution in [0.1, 0.15) is 44.6 Å². The molecule has 0 aliphatic carbocycles. The van der Waals surface area contributed by atoms with E-state index in [9.17, 15) is 0 Å². The summed E-state index contributed by atoms with van der Waals surface area (Å²) in [6, 6.07) is 10.9. The molecule has 0 unspecified atom stereocenters. The topological polar surface area (TPSA) is 62.1 Å². The first-order chi connectivity index (χ1) is 15.5. The summed E-state index contributed by atoms with van der Waals surface area (Å²) in [4.78, 5) is 18.7. The van der Waals surface area contributed by atoms with Gasteiger partial charge in [0.15, 0.2) is 0 Å². The van der Waals surface area contributed by atoms with Gasteiger partial charge in [-0.25, -0.2) is 15.0 Å². The van der Waals surface area contributed by atoms with Crippen molar-refractivity contribution in [2.24, 2.45) is 0 Å². The standard InChI is InChI=1S/C25H35N7/c1-5-30-13-6-14-31(16-15-30)18-21-7-9-22(10-8-21)28-25-26-12-11-23(29-25)24-17-27-20(4)32(24)19(2)3/h7-12,17,19H,5-6,13-16,18H2,1-4H3,(H,26,28,29). The number of nitrogens with zero attached hydrogens (tertiary/aromatic N) is 6. The van der Waals surface area contributed by atoms with Gasteiger partial charge in [-0.2, -0.15) is 0 Å². The van der Waals surface area contributed by atoms with Crippen LogP contribution in [0.25, 0.3) is 11.4 Å². The zero-order chi connectivity index (χ0) is 22.5. The molecule has 170 valence electrons. The summed E-state index contributed by atoms with van der Waals surface area (Å²) in [5.74, 6) is 1.59. The highest BCUT2D eigenvalue weighted by Gasteiger charge is 2.15. The lowest BCUT2D eigenvalue weighted by molar-refractivity contribution is 0.257. The first-order valence-electron chi connectivity index (χ1n) is 11.7. The summed E-state index contributed by atoms with van der Waals surface area (Å²) in [5, 5.41) is 3.35. The van der Waals surface area contributed by atoms with Crippen LogP contribution in [0.4, 0.5) is 11.6 Å². The Morgan fingerprint density at radius 3 is 2.47 bits per heavy atom. The highest BCUT2D eigenvalue weighted by atomic mass is 15.2. The lowest BCUT2D eigenvalue weighted by atomic mass is 10.2. The fourth-order valence-electron chi connectivity index (χ4n) is 4.44. The maximum absolute atomic E-state index is 4.74. The predicted molar refractivity (Wildman–Crippen MR) is 130 cm³/mol. The molecule has 3 aromatic rings. The Kier molecular flexibility index (Phi) is 7.17. The zero-order valence-corrected chi connectivity index (χ0v) is 19.8. The van der Waals surface area contributed by atoms with Gasteiger partial charge in [-0.05, 0) is 70.6 Å². The molecule has 0 saturated carbocycles. The van der Waals surface area contributed by atoms with E-state index < -0.39 is 0 Å². The van der Waals surface area contributed by atoms with E-state index in [1.54, 1.807) is 6.20 Å². The van der Waals surface area contributed by atoms with Crippen molar-refractivity contribution in [1.29, 1.82) is 0 Å². The Balaban J connectivity index is 1.41. The van der Waals surface area contributed by atoms with Gasteiger partial charge in [-0.15, -0.1) is 0 Å². The molecule has 3 heterocycles. The Labute approximate surface area is 191 Å². The van der Waals surface area contributed by atoms with Crippen molar-refractivity contribution in [3.05, 3.63) is 54.1 Å². The van der Waals surface area contributed by atoms with Crippen molar-refractivity contribution in [3.63, 3.8) is 0 Å². The van der Waals surface area contributed by atoms with Gasteiger partial charge in [-0.3, -0.25) is 4.90 Å². The molecule has 0 bridgehead atoms. The Hall–Kier alpha value is -2.77. The van der Waals surface area contributed by atoms with Crippen LogP contribution in [0.3, 0.4) is 0 Å². The summed E-state index contributed by atoms with van der Waals surface area (Å²) in [6.45, 7) is 15.4. The van der Waals surface area contributed by atoms with Crippen LogP contribution in [0.5, 0.6) is 0 Å². The molecule has 7 nitrogen and oxygen atoms in total. The van der Waals surface area contributed by atoms with Gasteiger partial charge in [0.2, 0.25) is 5.95 Å². The maximum Gasteiger partial charge on any atom is 0.227 e. The van der Waals surface area contributed by atoms with Gasteiger partial charge in [0.25, 0.3) is 0 Å². The molecule has 4 rings (SSSR count). The fourth-order valence-corrected chi connectivity index (χ4v) is 4.44. The van der Waals surface area contributed by atoms with Gasteiger partial charge < -0.3 is 14.8 Å². The smallest absolute Gasteiger partial charge is 0.227 e. The number of rotatable bonds is 7. The number of benzene rings is 1. The third kappa shape index (κ3) is 5.34. The van der Waals surface area contributed by atoms with Crippen molar-refractivity contribution in [2.45, 2.75) is 46.7 Å². The van der Waals surface area contributed by atoms with E-state index in [0.717, 1.165) is 42.5 Å². The lowest BCUT2D eigenvalue weighted by Crippen LogP contribution is -2.30. The van der Waals surface area contributed by atoms with Crippen molar-refractivity contribution < 1.29 is 0 Å². The molecule has 7 heteroatoms. The second-order valence-corrected chi connectivity index (χ2v) is 8.81. The summed E-state index contributed by atoms with van der Waals surface area (Å²) in [5.41, 5.74) is 4.21. The molecule has 0 spiro atoms. The number of imidazole rings is 1. The number of anilines is 2. The van der Waals surface area contributed by atoms with Gasteiger partial charge in [0, 0.05) is 37.6 Å². The quantitative estimate of drug-likeness (QED) is 0.592. The number of hydrogen-bond donors (Lipinski definition) is 1. The van der Waals surface area contributed by atoms with Gasteiger partial charge in [0.1, 0.15) is 5.82 Å². The zero-order valence-electron chi connectivity index (χ0n) is 19.8. The molecule has 1 saturated heterocycles. The molecule has 0 radical (unpaired) electrons. The second kappa shape index (κ2) is 10.2. The molecule has 32 heavy (non-hydrogen) atoms. The van der Waals surface area contributed by atoms with E-state index in [-0.39, 0.29) is 0 Å². The number of likely N-dealkylation sites (N-methyl/N-ethyl adjacent to an activating group) is 1. The summed E-state index contributed by atoms with van der Waals surface area (Å²) in [7, 11) is 0. The van der Waals surface area contributed by atoms with E-state index in [1.807, 2.05) is 19.2 Å². The van der Waals surface area contributed by atoms with Crippen molar-refractivity contribution in [2.75, 3.05) is 38.0 Å². The van der Waals surface area contributed by atoms with Gasteiger partial charge in [0.05, 0.1) is 17.6 Å². The Bertz CT molecular complexity index is 1010. The van der Waals surface area contributed by atoms with Crippen LogP contribution in [0.2, 0.25) is 0 Å². The molecular formula is C25H35N7. The molecule has 1 aromatic carbocycles. The van der Waals surface area contributed by atoms with Crippen molar-refractivity contribution >= 4 is 11.6 Å². The normalized spacial score (nSPS) is 15.8. The molecule has 1 aliphatic heterocycles. The average molecular weight is 434 g/mol. The average Bonchev–Trinajstić information content (AvgIpc) is 3.04. The molecule has 1 fully saturated rings. The summed E-state index contributed by atoms with van der Waals surface area (Å²) < 4.78 is 2.20. The largest absolute Gasteiger partial charge is 0.324 e. The summed E-state index contributed by atoms with van der Waals surface area (Å²) in [6.07, 6.45) is 4.93. The van der Waals surface area contributed by atoms with E-state index in [0.29, 0.717) is 12.0 Å². The highest BCUT2D eigenvalue weighted by molar-refractivity contribution is 5.59. The van der Waals surface area contributed by atoms with Crippen LogP contribution < -0.4 is 5.32 Å². The number of nitrogens with one attached hydrogen (secondary N) is 1. The Morgan fingerprint density at radius 1 is 0.969 bits per heavy atom. The van der Waals surface area contributed by atoms with Crippen molar-refractivity contribution in [1.82, 2.24) is 29.3 Å². The van der Waals surface area contributed by atoms with Gasteiger partial charge in [-0.1, -0.05) is 19.1 Å². The fraction of sp³-hybridized carbons (Fsp3) is 0.480. The van der Waals surface area contributed by atoms with Crippen LogP contribution >= 0.6 is 0 Å². The molecule has 0 atom stereocenters. The molecule has 0 amide bonds. The first kappa shape index (κ1) is 22.4. The second-order valence-electron chi connectivity index (χ2n) is 8.81. The van der Waals surface area contributed by atoms with Gasteiger partial charge >= 0.3 is 0 Å². The van der Waals surface area contributed by atoms with E-state index in [1.165, 1.54) is 31.6 Å². The Morgan fingerprint density at radius 2 is 1.72 bits per heavy atom. The van der Waals surface area contributed by atoms with E-state index in [4.69, 9.17) is 4.98 Å². The van der Waals surface area contributed by atoms with E-state index in [2.05, 4.69) is 74.7 Å². The molecule has 1 aliphatic rings. The first-order valence-corrected chi connectivity index (χ1v) is 11.7. The SMILES string of the molecule is CCN1CCCN(Cc2ccc(Nc3nccc(-c4cnc(C)n4C(C)C)n3)cc2)CC1. The van der Waals surface area contributed by atoms with E-state index >= 15 is 0 Å². The third-order valence-corrected chi connectivity index (χ3v) is 6.16. The van der Waals surface area contributed by atoms with Crippen LogP contribution in [-0.4, -0.2) is 62.0 Å². The number of hydrogen-bond acceptors (Lipinski definition) is 6. The highest BCUT2D eigenvalue weighted by Crippen LogP contribution is 2.24. The van der Waals surface area contributed by atoms with Crippen LogP contribution in [-0.2, 0) is 6.54 Å². The molecular weight excluding hydrogens is 398 g/mol. The molecule has 2 aromatic heterocycles.